The molecule has 2 aromatic rings. The lowest BCUT2D eigenvalue weighted by molar-refractivity contribution is -0.141. The molecule has 0 aromatic heterocycles. The van der Waals surface area contributed by atoms with Gasteiger partial charge in [0.05, 0.1) is 18.6 Å². The summed E-state index contributed by atoms with van der Waals surface area (Å²) in [5.74, 6) is -0.457. The third-order valence-corrected chi connectivity index (χ3v) is 7.25. The number of sulfonamides is 1. The van der Waals surface area contributed by atoms with E-state index in [0.717, 1.165) is 19.1 Å². The van der Waals surface area contributed by atoms with Crippen LogP contribution < -0.4 is 14.4 Å². The summed E-state index contributed by atoms with van der Waals surface area (Å²) in [5.41, 5.74) is 1.11. The maximum Gasteiger partial charge on any atom is 0.242 e. The van der Waals surface area contributed by atoms with E-state index in [4.69, 9.17) is 4.74 Å². The fourth-order valence-corrected chi connectivity index (χ4v) is 5.10. The van der Waals surface area contributed by atoms with Crippen LogP contribution in [0, 0.1) is 5.82 Å². The Morgan fingerprint density at radius 1 is 1.03 bits per heavy atom. The molecule has 1 unspecified atom stereocenters. The first-order valence-electron chi connectivity index (χ1n) is 13.1. The molecular formula is C28H40FN3O5S. The van der Waals surface area contributed by atoms with Crippen molar-refractivity contribution in [1.82, 2.24) is 10.2 Å². The standard InChI is InChI=1S/C28H40FN3O5S/c1-5-8-19-30-28(34)24(6-2)31(21-22-15-17-23(29)18-16-22)27(33)14-11-20-32(38(4,35)36)25-12-9-10-13-26(25)37-7-3/h9-10,12-13,15-18,24H,5-8,11,14,19-21H2,1-4H3,(H,30,34). The summed E-state index contributed by atoms with van der Waals surface area (Å²) in [6.45, 7) is 6.79. The minimum atomic E-state index is -3.65. The van der Waals surface area contributed by atoms with Gasteiger partial charge in [-0.1, -0.05) is 44.5 Å². The van der Waals surface area contributed by atoms with Gasteiger partial charge >= 0.3 is 0 Å². The lowest BCUT2D eigenvalue weighted by Crippen LogP contribution is -2.49. The van der Waals surface area contributed by atoms with Gasteiger partial charge in [0.2, 0.25) is 21.8 Å². The lowest BCUT2D eigenvalue weighted by atomic mass is 10.1. The summed E-state index contributed by atoms with van der Waals surface area (Å²) in [6, 6.07) is 12.0. The third kappa shape index (κ3) is 9.31. The molecule has 0 heterocycles. The molecule has 0 aliphatic heterocycles. The number of nitrogens with one attached hydrogen (secondary N) is 1. The molecule has 1 N–H and O–H groups in total. The van der Waals surface area contributed by atoms with E-state index in [1.54, 1.807) is 36.4 Å². The van der Waals surface area contributed by atoms with E-state index in [1.807, 2.05) is 20.8 Å². The van der Waals surface area contributed by atoms with Crippen LogP contribution in [0.25, 0.3) is 0 Å². The summed E-state index contributed by atoms with van der Waals surface area (Å²) in [5, 5.41) is 2.90. The number of nitrogens with zero attached hydrogens (tertiary/aromatic N) is 2. The van der Waals surface area contributed by atoms with Crippen molar-refractivity contribution in [3.8, 4) is 5.75 Å². The second kappa shape index (κ2) is 15.3. The van der Waals surface area contributed by atoms with Gasteiger partial charge in [0.25, 0.3) is 0 Å². The third-order valence-electron chi connectivity index (χ3n) is 6.07. The molecular weight excluding hydrogens is 509 g/mol. The zero-order valence-electron chi connectivity index (χ0n) is 22.8. The predicted octanol–water partition coefficient (Wildman–Crippen LogP) is 4.49. The molecule has 0 aliphatic rings. The zero-order valence-corrected chi connectivity index (χ0v) is 23.6. The fourth-order valence-electron chi connectivity index (χ4n) is 4.14. The first-order chi connectivity index (χ1) is 18.1. The Kier molecular flexibility index (Phi) is 12.5. The Morgan fingerprint density at radius 3 is 2.32 bits per heavy atom. The Bertz CT molecular complexity index is 1140. The molecule has 0 saturated heterocycles. The van der Waals surface area contributed by atoms with Gasteiger partial charge in [0.15, 0.2) is 0 Å². The second-order valence-corrected chi connectivity index (χ2v) is 11.0. The van der Waals surface area contributed by atoms with Gasteiger partial charge < -0.3 is 15.0 Å². The number of unbranched alkanes of at least 4 members (excludes halogenated alkanes) is 1. The molecule has 2 amide bonds. The molecule has 0 spiro atoms. The van der Waals surface area contributed by atoms with Crippen molar-refractivity contribution in [2.75, 3.05) is 30.3 Å². The Labute approximate surface area is 226 Å². The monoisotopic (exact) mass is 549 g/mol. The first kappa shape index (κ1) is 31.1. The van der Waals surface area contributed by atoms with Gasteiger partial charge in [-0.15, -0.1) is 0 Å². The number of hydrogen-bond acceptors (Lipinski definition) is 5. The predicted molar refractivity (Wildman–Crippen MR) is 148 cm³/mol. The van der Waals surface area contributed by atoms with Gasteiger partial charge in [-0.05, 0) is 56.0 Å². The molecule has 1 atom stereocenters. The number of carbonyl (C=O) groups is 2. The van der Waals surface area contributed by atoms with Crippen LogP contribution in [0.1, 0.15) is 58.4 Å². The van der Waals surface area contributed by atoms with E-state index in [2.05, 4.69) is 5.32 Å². The number of rotatable bonds is 16. The van der Waals surface area contributed by atoms with Crippen LogP contribution in [0.3, 0.4) is 0 Å². The van der Waals surface area contributed by atoms with Crippen molar-refractivity contribution < 1.29 is 27.1 Å². The SMILES string of the molecule is CCCCNC(=O)C(CC)N(Cc1ccc(F)cc1)C(=O)CCCN(c1ccccc1OCC)S(C)(=O)=O. The van der Waals surface area contributed by atoms with E-state index in [1.165, 1.54) is 21.3 Å². The molecule has 2 aromatic carbocycles. The number of hydrogen-bond donors (Lipinski definition) is 1. The highest BCUT2D eigenvalue weighted by Crippen LogP contribution is 2.30. The normalized spacial score (nSPS) is 12.0. The number of benzene rings is 2. The van der Waals surface area contributed by atoms with E-state index >= 15 is 0 Å². The van der Waals surface area contributed by atoms with E-state index < -0.39 is 16.1 Å². The van der Waals surface area contributed by atoms with Crippen LogP contribution in [0.4, 0.5) is 10.1 Å². The average molecular weight is 550 g/mol. The lowest BCUT2D eigenvalue weighted by Gasteiger charge is -2.31. The number of anilines is 1. The number of amides is 2. The summed E-state index contributed by atoms with van der Waals surface area (Å²) in [7, 11) is -3.65. The van der Waals surface area contributed by atoms with Gasteiger partial charge in [-0.3, -0.25) is 13.9 Å². The van der Waals surface area contributed by atoms with Crippen LogP contribution in [0.5, 0.6) is 5.75 Å². The van der Waals surface area contributed by atoms with Crippen molar-refractivity contribution >= 4 is 27.5 Å². The van der Waals surface area contributed by atoms with Crippen molar-refractivity contribution in [2.45, 2.75) is 65.5 Å². The van der Waals surface area contributed by atoms with Gasteiger partial charge in [-0.25, -0.2) is 12.8 Å². The molecule has 10 heteroatoms. The number of ether oxygens (including phenoxy) is 1. The molecule has 0 bridgehead atoms. The molecule has 0 saturated carbocycles. The smallest absolute Gasteiger partial charge is 0.242 e. The number of halogens is 1. The topological polar surface area (TPSA) is 96.0 Å². The molecule has 0 radical (unpaired) electrons. The Hall–Kier alpha value is -3.14. The van der Waals surface area contributed by atoms with Crippen LogP contribution in [-0.2, 0) is 26.2 Å². The molecule has 2 rings (SSSR count). The van der Waals surface area contributed by atoms with Crippen molar-refractivity contribution in [1.29, 1.82) is 0 Å². The molecule has 8 nitrogen and oxygen atoms in total. The molecule has 210 valence electrons. The van der Waals surface area contributed by atoms with Crippen LogP contribution in [0.2, 0.25) is 0 Å². The Balaban J connectivity index is 2.22. The fraction of sp³-hybridized carbons (Fsp3) is 0.500. The van der Waals surface area contributed by atoms with E-state index in [9.17, 15) is 22.4 Å². The van der Waals surface area contributed by atoms with Gasteiger partial charge in [-0.2, -0.15) is 0 Å². The van der Waals surface area contributed by atoms with Gasteiger partial charge in [0, 0.05) is 26.1 Å². The largest absolute Gasteiger partial charge is 0.492 e. The van der Waals surface area contributed by atoms with Crippen LogP contribution in [0.15, 0.2) is 48.5 Å². The average Bonchev–Trinajstić information content (AvgIpc) is 2.88. The summed E-state index contributed by atoms with van der Waals surface area (Å²) in [6.07, 6.45) is 3.55. The molecule has 38 heavy (non-hydrogen) atoms. The Morgan fingerprint density at radius 2 is 1.71 bits per heavy atom. The number of para-hydroxylation sites is 2. The second-order valence-electron chi connectivity index (χ2n) is 9.06. The van der Waals surface area contributed by atoms with Crippen molar-refractivity contribution in [2.24, 2.45) is 0 Å². The first-order valence-corrected chi connectivity index (χ1v) is 15.0. The minimum absolute atomic E-state index is 0.0305. The van der Waals surface area contributed by atoms with Crippen molar-refractivity contribution in [3.63, 3.8) is 0 Å². The van der Waals surface area contributed by atoms with E-state index in [-0.39, 0.29) is 43.6 Å². The van der Waals surface area contributed by atoms with Crippen molar-refractivity contribution in [3.05, 3.63) is 59.9 Å². The highest BCUT2D eigenvalue weighted by Gasteiger charge is 2.29. The summed E-state index contributed by atoms with van der Waals surface area (Å²) >= 11 is 0. The van der Waals surface area contributed by atoms with Crippen LogP contribution >= 0.6 is 0 Å². The maximum atomic E-state index is 13.5. The van der Waals surface area contributed by atoms with Crippen LogP contribution in [-0.4, -0.2) is 57.1 Å². The molecule has 0 fully saturated rings. The van der Waals surface area contributed by atoms with Gasteiger partial charge in [0.1, 0.15) is 17.6 Å². The summed E-state index contributed by atoms with van der Waals surface area (Å²) in [4.78, 5) is 27.9. The quantitative estimate of drug-likeness (QED) is 0.311. The highest BCUT2D eigenvalue weighted by atomic mass is 32.2. The zero-order chi connectivity index (χ0) is 28.1. The number of carbonyl (C=O) groups excluding carboxylic acids is 2. The molecule has 0 aliphatic carbocycles. The maximum absolute atomic E-state index is 13.5. The van der Waals surface area contributed by atoms with E-state index in [0.29, 0.717) is 36.6 Å². The highest BCUT2D eigenvalue weighted by molar-refractivity contribution is 7.92. The summed E-state index contributed by atoms with van der Waals surface area (Å²) < 4.78 is 45.6. The minimum Gasteiger partial charge on any atom is -0.492 e.